The molecule has 1 fully saturated rings. The van der Waals surface area contributed by atoms with Crippen LogP contribution in [-0.4, -0.2) is 46.5 Å². The van der Waals surface area contributed by atoms with Gasteiger partial charge in [-0.05, 0) is 30.0 Å². The maximum atomic E-state index is 14.0. The van der Waals surface area contributed by atoms with Crippen molar-refractivity contribution in [1.29, 1.82) is 0 Å². The Labute approximate surface area is 199 Å². The average molecular weight is 450 g/mol. The predicted octanol–water partition coefficient (Wildman–Crippen LogP) is 3.74. The van der Waals surface area contributed by atoms with Gasteiger partial charge in [0.05, 0.1) is 12.2 Å². The molecule has 34 heavy (non-hydrogen) atoms. The Morgan fingerprint density at radius 2 is 1.82 bits per heavy atom. The molecule has 1 amide bonds. The molecule has 2 N–H and O–H groups in total. The Morgan fingerprint density at radius 1 is 1.03 bits per heavy atom. The third kappa shape index (κ3) is 3.06. The molecular formula is C28H27N5O. The van der Waals surface area contributed by atoms with E-state index in [4.69, 9.17) is 10.7 Å². The number of nitrogens with zero attached hydrogens (tertiary/aromatic N) is 4. The first-order valence-corrected chi connectivity index (χ1v) is 11.7. The van der Waals surface area contributed by atoms with E-state index in [0.29, 0.717) is 26.2 Å². The van der Waals surface area contributed by atoms with Gasteiger partial charge in [-0.3, -0.25) is 19.7 Å². The summed E-state index contributed by atoms with van der Waals surface area (Å²) >= 11 is 0. The standard InChI is InChI=1S/C28H27N5O/c1-19(13-29)32-17-28(18-32)23-10-4-5-11-25(23)33(27(28)34)16-24-26(21-8-6-12-30-14-21)22-9-3-2-7-20(22)15-31-24/h2-12,14-15,19H,13,16-18,29H2,1H3. The molecule has 2 aromatic heterocycles. The highest BCUT2D eigenvalue weighted by Crippen LogP contribution is 2.48. The molecule has 4 aromatic rings. The van der Waals surface area contributed by atoms with Gasteiger partial charge in [0.1, 0.15) is 5.41 Å². The lowest BCUT2D eigenvalue weighted by Crippen LogP contribution is -2.66. The van der Waals surface area contributed by atoms with Crippen molar-refractivity contribution < 1.29 is 4.79 Å². The van der Waals surface area contributed by atoms with Crippen molar-refractivity contribution in [1.82, 2.24) is 14.9 Å². The summed E-state index contributed by atoms with van der Waals surface area (Å²) in [6.45, 7) is 4.54. The first-order chi connectivity index (χ1) is 16.6. The number of carbonyl (C=O) groups is 1. The number of nitrogens with two attached hydrogens (primary N) is 1. The summed E-state index contributed by atoms with van der Waals surface area (Å²) in [7, 11) is 0. The summed E-state index contributed by atoms with van der Waals surface area (Å²) in [5.74, 6) is 0.154. The molecular weight excluding hydrogens is 422 g/mol. The Morgan fingerprint density at radius 3 is 2.62 bits per heavy atom. The van der Waals surface area contributed by atoms with Crippen LogP contribution in [0.1, 0.15) is 18.2 Å². The van der Waals surface area contributed by atoms with Crippen LogP contribution in [0.15, 0.2) is 79.3 Å². The molecule has 0 bridgehead atoms. The van der Waals surface area contributed by atoms with Crippen LogP contribution in [0.25, 0.3) is 21.9 Å². The van der Waals surface area contributed by atoms with Crippen LogP contribution in [0.4, 0.5) is 5.69 Å². The Balaban J connectivity index is 1.43. The minimum Gasteiger partial charge on any atom is -0.329 e. The molecule has 0 aliphatic carbocycles. The van der Waals surface area contributed by atoms with Gasteiger partial charge in [-0.2, -0.15) is 0 Å². The quantitative estimate of drug-likeness (QED) is 0.502. The van der Waals surface area contributed by atoms with E-state index in [0.717, 1.165) is 38.8 Å². The number of amides is 1. The topological polar surface area (TPSA) is 75.3 Å². The summed E-state index contributed by atoms with van der Waals surface area (Å²) in [6, 6.07) is 20.7. The number of fused-ring (bicyclic) bond motifs is 3. The number of benzene rings is 2. The van der Waals surface area contributed by atoms with Crippen molar-refractivity contribution in [2.45, 2.75) is 24.9 Å². The Hall–Kier alpha value is -3.61. The molecule has 2 aliphatic rings. The zero-order valence-electron chi connectivity index (χ0n) is 19.2. The number of pyridine rings is 2. The number of para-hydroxylation sites is 1. The second kappa shape index (κ2) is 8.01. The second-order valence-corrected chi connectivity index (χ2v) is 9.39. The summed E-state index contributed by atoms with van der Waals surface area (Å²) in [6.07, 6.45) is 5.55. The number of hydrogen-bond donors (Lipinski definition) is 1. The monoisotopic (exact) mass is 449 g/mol. The first kappa shape index (κ1) is 21.0. The molecule has 1 unspecified atom stereocenters. The van der Waals surface area contributed by atoms with E-state index in [-0.39, 0.29) is 11.9 Å². The average Bonchev–Trinajstić information content (AvgIpc) is 3.11. The highest BCUT2D eigenvalue weighted by Gasteiger charge is 2.58. The van der Waals surface area contributed by atoms with E-state index in [9.17, 15) is 4.79 Å². The fraction of sp³-hybridized carbons (Fsp3) is 0.250. The van der Waals surface area contributed by atoms with Crippen LogP contribution in [0.5, 0.6) is 0 Å². The smallest absolute Gasteiger partial charge is 0.240 e. The second-order valence-electron chi connectivity index (χ2n) is 9.39. The van der Waals surface area contributed by atoms with Crippen molar-refractivity contribution in [3.8, 4) is 11.1 Å². The van der Waals surface area contributed by atoms with Crippen LogP contribution in [0, 0.1) is 0 Å². The summed E-state index contributed by atoms with van der Waals surface area (Å²) in [5, 5.41) is 2.18. The van der Waals surface area contributed by atoms with Gasteiger partial charge in [0, 0.05) is 66.5 Å². The van der Waals surface area contributed by atoms with E-state index in [1.165, 1.54) is 0 Å². The molecule has 0 saturated carbocycles. The lowest BCUT2D eigenvalue weighted by molar-refractivity contribution is -0.130. The van der Waals surface area contributed by atoms with Gasteiger partial charge in [0.15, 0.2) is 0 Å². The lowest BCUT2D eigenvalue weighted by atomic mass is 9.74. The third-order valence-electron chi connectivity index (χ3n) is 7.41. The number of hydrogen-bond acceptors (Lipinski definition) is 5. The van der Waals surface area contributed by atoms with Gasteiger partial charge in [-0.25, -0.2) is 0 Å². The summed E-state index contributed by atoms with van der Waals surface area (Å²) in [5.41, 5.74) is 10.4. The molecule has 170 valence electrons. The van der Waals surface area contributed by atoms with Gasteiger partial charge in [0.25, 0.3) is 0 Å². The number of rotatable bonds is 5. The third-order valence-corrected chi connectivity index (χ3v) is 7.41. The molecule has 1 saturated heterocycles. The van der Waals surface area contributed by atoms with Crippen molar-refractivity contribution >= 4 is 22.4 Å². The van der Waals surface area contributed by atoms with Gasteiger partial charge in [0.2, 0.25) is 5.91 Å². The molecule has 6 heteroatoms. The van der Waals surface area contributed by atoms with Crippen molar-refractivity contribution in [2.24, 2.45) is 5.73 Å². The fourth-order valence-electron chi connectivity index (χ4n) is 5.47. The summed E-state index contributed by atoms with van der Waals surface area (Å²) < 4.78 is 0. The van der Waals surface area contributed by atoms with Crippen LogP contribution in [0.3, 0.4) is 0 Å². The van der Waals surface area contributed by atoms with Crippen LogP contribution in [0.2, 0.25) is 0 Å². The minimum atomic E-state index is -0.495. The molecule has 1 spiro atoms. The maximum Gasteiger partial charge on any atom is 0.240 e. The molecule has 2 aromatic carbocycles. The van der Waals surface area contributed by atoms with Crippen LogP contribution >= 0.6 is 0 Å². The molecule has 2 aliphatic heterocycles. The molecule has 0 radical (unpaired) electrons. The number of aromatic nitrogens is 2. The van der Waals surface area contributed by atoms with Gasteiger partial charge >= 0.3 is 0 Å². The fourth-order valence-corrected chi connectivity index (χ4v) is 5.47. The Kier molecular flexibility index (Phi) is 4.94. The molecule has 6 rings (SSSR count). The van der Waals surface area contributed by atoms with E-state index in [2.05, 4.69) is 47.1 Å². The normalized spacial score (nSPS) is 17.7. The molecule has 1 atom stereocenters. The molecule has 4 heterocycles. The van der Waals surface area contributed by atoms with Crippen LogP contribution in [-0.2, 0) is 16.8 Å². The van der Waals surface area contributed by atoms with Gasteiger partial charge in [-0.15, -0.1) is 0 Å². The van der Waals surface area contributed by atoms with E-state index < -0.39 is 5.41 Å². The summed E-state index contributed by atoms with van der Waals surface area (Å²) in [4.78, 5) is 27.4. The van der Waals surface area contributed by atoms with E-state index in [1.54, 1.807) is 6.20 Å². The first-order valence-electron chi connectivity index (χ1n) is 11.7. The highest BCUT2D eigenvalue weighted by molar-refractivity contribution is 6.09. The van der Waals surface area contributed by atoms with Crippen molar-refractivity contribution in [3.63, 3.8) is 0 Å². The highest BCUT2D eigenvalue weighted by atomic mass is 16.2. The Bertz CT molecular complexity index is 1380. The van der Waals surface area contributed by atoms with E-state index >= 15 is 0 Å². The number of anilines is 1. The van der Waals surface area contributed by atoms with Crippen molar-refractivity contribution in [2.75, 3.05) is 24.5 Å². The zero-order valence-corrected chi connectivity index (χ0v) is 19.2. The van der Waals surface area contributed by atoms with Crippen LogP contribution < -0.4 is 10.6 Å². The SMILES string of the molecule is CC(CN)N1CC2(C1)C(=O)N(Cc1ncc3ccccc3c1-c1cccnc1)c1ccccc12. The number of carbonyl (C=O) groups excluding carboxylic acids is 1. The molecule has 6 nitrogen and oxygen atoms in total. The zero-order chi connectivity index (χ0) is 23.3. The number of likely N-dealkylation sites (tertiary alicyclic amines) is 1. The van der Waals surface area contributed by atoms with E-state index in [1.807, 2.05) is 47.6 Å². The predicted molar refractivity (Wildman–Crippen MR) is 134 cm³/mol. The van der Waals surface area contributed by atoms with Gasteiger partial charge < -0.3 is 10.6 Å². The van der Waals surface area contributed by atoms with Gasteiger partial charge in [-0.1, -0.05) is 48.5 Å². The van der Waals surface area contributed by atoms with Crippen molar-refractivity contribution in [3.05, 3.63) is 90.5 Å². The largest absolute Gasteiger partial charge is 0.329 e. The lowest BCUT2D eigenvalue weighted by Gasteiger charge is -2.49. The maximum absolute atomic E-state index is 14.0. The minimum absolute atomic E-state index is 0.154.